The number of hydrogen-bond donors (Lipinski definition) is 4. The van der Waals surface area contributed by atoms with Crippen LogP contribution in [0.2, 0.25) is 0 Å². The van der Waals surface area contributed by atoms with E-state index >= 15 is 0 Å². The summed E-state index contributed by atoms with van der Waals surface area (Å²) in [7, 11) is 0. The van der Waals surface area contributed by atoms with E-state index in [2.05, 4.69) is 35.1 Å². The molecule has 392 valence electrons. The number of ether oxygens (including phenoxy) is 6. The van der Waals surface area contributed by atoms with Crippen LogP contribution in [-0.2, 0) is 42.6 Å². The van der Waals surface area contributed by atoms with Gasteiger partial charge in [0.25, 0.3) is 11.8 Å². The fraction of sp³-hybridized carbons (Fsp3) is 0.593. The molecule has 0 unspecified atom stereocenters. The Morgan fingerprint density at radius 1 is 0.507 bits per heavy atom. The molecule has 17 heteroatoms. The van der Waals surface area contributed by atoms with Crippen LogP contribution in [0.3, 0.4) is 0 Å². The summed E-state index contributed by atoms with van der Waals surface area (Å²) in [5, 5.41) is 12.0. The van der Waals surface area contributed by atoms with Gasteiger partial charge in [-0.3, -0.25) is 19.2 Å². The van der Waals surface area contributed by atoms with Crippen LogP contribution in [0.1, 0.15) is 142 Å². The average molecular weight is 1220 g/mol. The second-order valence-corrected chi connectivity index (χ2v) is 18.1. The first-order valence-electron chi connectivity index (χ1n) is 26.0. The molecule has 0 atom stereocenters. The van der Waals surface area contributed by atoms with Gasteiger partial charge in [-0.25, -0.2) is 0 Å². The molecule has 0 saturated heterocycles. The van der Waals surface area contributed by atoms with Crippen LogP contribution in [0.25, 0.3) is 0 Å². The average Bonchev–Trinajstić information content (AvgIpc) is 3.36. The van der Waals surface area contributed by atoms with Gasteiger partial charge in [0.2, 0.25) is 11.6 Å². The van der Waals surface area contributed by atoms with Crippen LogP contribution in [-0.4, -0.2) is 89.3 Å². The number of anilines is 2. The molecule has 3 aliphatic rings. The molecule has 0 fully saturated rings. The van der Waals surface area contributed by atoms with Crippen molar-refractivity contribution in [2.75, 3.05) is 76.6 Å². The third kappa shape index (κ3) is 27.1. The molecule has 1 aromatic rings. The van der Waals surface area contributed by atoms with Gasteiger partial charge < -0.3 is 49.7 Å². The van der Waals surface area contributed by atoms with Crippen molar-refractivity contribution in [1.29, 1.82) is 0 Å². The number of Topliss-reactive ketones (excluding diaryl/α,β-unsaturated/α-hetero) is 2. The Bertz CT molecular complexity index is 1860. The van der Waals surface area contributed by atoms with Crippen LogP contribution >= 0.6 is 0 Å². The van der Waals surface area contributed by atoms with Crippen molar-refractivity contribution in [1.82, 2.24) is 10.6 Å². The number of rotatable bonds is 24. The summed E-state index contributed by atoms with van der Waals surface area (Å²) in [4.78, 5) is 52.2. The summed E-state index contributed by atoms with van der Waals surface area (Å²) in [5.41, 5.74) is 1.69. The third-order valence-corrected chi connectivity index (χ3v) is 11.6. The number of unbranched alkanes of at least 4 members (excludes halogenated alkanes) is 18. The fourth-order valence-corrected chi connectivity index (χ4v) is 7.63. The fourth-order valence-electron chi connectivity index (χ4n) is 7.63. The minimum absolute atomic E-state index is 0.0291. The van der Waals surface area contributed by atoms with Crippen LogP contribution in [0.5, 0.6) is 11.5 Å². The van der Waals surface area contributed by atoms with Crippen molar-refractivity contribution in [2.45, 2.75) is 142 Å². The van der Waals surface area contributed by atoms with Gasteiger partial charge in [0.15, 0.2) is 36.2 Å². The number of carbonyl (C=O) groups excluding carboxylic acids is 4. The van der Waals surface area contributed by atoms with Crippen molar-refractivity contribution in [3.05, 3.63) is 83.7 Å². The van der Waals surface area contributed by atoms with Gasteiger partial charge in [-0.1, -0.05) is 142 Å². The molecule has 1 heterocycles. The van der Waals surface area contributed by atoms with Gasteiger partial charge in [-0.2, -0.15) is 0 Å². The quantitative estimate of drug-likeness (QED) is 0.0712. The number of allylic oxidation sites excluding steroid dienone is 8. The van der Waals surface area contributed by atoms with Gasteiger partial charge in [0.1, 0.15) is 0 Å². The number of nitrogens with one attached hydrogen (secondary N) is 4. The van der Waals surface area contributed by atoms with Crippen molar-refractivity contribution >= 4 is 34.8 Å². The van der Waals surface area contributed by atoms with Crippen molar-refractivity contribution in [2.24, 2.45) is 0 Å². The Kier molecular flexibility index (Phi) is 34.0. The molecule has 16 nitrogen and oxygen atoms in total. The van der Waals surface area contributed by atoms with Crippen LogP contribution < -0.4 is 30.7 Å². The molecule has 0 radical (unpaired) electrons. The number of benzene rings is 1. The van der Waals surface area contributed by atoms with E-state index in [1.807, 2.05) is 12.1 Å². The molecular formula is C54H80N4O12U. The van der Waals surface area contributed by atoms with E-state index in [4.69, 9.17) is 32.9 Å². The molecule has 0 aromatic heterocycles. The van der Waals surface area contributed by atoms with Crippen LogP contribution in [0.4, 0.5) is 11.4 Å². The number of ketones is 2. The number of fused-ring (bicyclic) bond motifs is 5. The van der Waals surface area contributed by atoms with E-state index in [1.54, 1.807) is 36.7 Å². The van der Waals surface area contributed by atoms with E-state index in [9.17, 15) is 19.2 Å². The first-order valence-corrected chi connectivity index (χ1v) is 29.4. The second-order valence-electron chi connectivity index (χ2n) is 17.4. The Hall–Kier alpha value is -4.69. The van der Waals surface area contributed by atoms with Gasteiger partial charge in [-0.15, -0.1) is 0 Å². The zero-order chi connectivity index (χ0) is 51.0. The molecule has 71 heavy (non-hydrogen) atoms. The van der Waals surface area contributed by atoms with E-state index in [-0.39, 0.29) is 51.0 Å². The van der Waals surface area contributed by atoms with E-state index in [0.717, 1.165) is 38.5 Å². The van der Waals surface area contributed by atoms with Crippen LogP contribution in [0, 0.1) is 27.8 Å². The molecule has 2 aliphatic carbocycles. The van der Waals surface area contributed by atoms with Gasteiger partial charge >= 0.3 is 32.3 Å². The monoisotopic (exact) mass is 1210 g/mol. The summed E-state index contributed by atoms with van der Waals surface area (Å²) in [5.74, 6) is -0.431. The van der Waals surface area contributed by atoms with Crippen LogP contribution in [0.15, 0.2) is 83.7 Å². The molecule has 2 amide bonds. The van der Waals surface area contributed by atoms with Crippen molar-refractivity contribution in [3.8, 4) is 11.5 Å². The van der Waals surface area contributed by atoms with E-state index < -0.39 is 51.2 Å². The van der Waals surface area contributed by atoms with Crippen molar-refractivity contribution < 1.29 is 79.9 Å². The maximum atomic E-state index is 13.6. The molecule has 4 bridgehead atoms. The summed E-state index contributed by atoms with van der Waals surface area (Å²) < 4.78 is 52.4. The molecule has 0 saturated carbocycles. The molecular weight excluding hydrogens is 1130 g/mol. The summed E-state index contributed by atoms with van der Waals surface area (Å²) in [6, 6.07) is 3.69. The maximum absolute atomic E-state index is 13.6. The molecule has 1 aliphatic heterocycles. The van der Waals surface area contributed by atoms with Gasteiger partial charge in [0, 0.05) is 48.8 Å². The normalized spacial score (nSPS) is 17.5. The summed E-state index contributed by atoms with van der Waals surface area (Å²) >= 11 is -2.51. The number of amides is 2. The van der Waals surface area contributed by atoms with E-state index in [0.29, 0.717) is 60.4 Å². The van der Waals surface area contributed by atoms with E-state index in [1.165, 1.54) is 102 Å². The summed E-state index contributed by atoms with van der Waals surface area (Å²) in [6.45, 7) is 6.40. The first-order chi connectivity index (χ1) is 34.8. The molecule has 0 spiro atoms. The predicted molar refractivity (Wildman–Crippen MR) is 270 cm³/mol. The van der Waals surface area contributed by atoms with Crippen molar-refractivity contribution in [3.63, 3.8) is 0 Å². The Labute approximate surface area is 436 Å². The predicted octanol–water partition coefficient (Wildman–Crippen LogP) is 10.00. The molecule has 1 aromatic carbocycles. The SMILES string of the molecule is CCCCCCCCCCCCOc1cc2c(cc1OCCCCCCCCCCCC)N/C=C1/C=CC=C(OCC(=O)NCCOCCOCCNC(=O)COC3=CC=C/C(=C/N2)C3=O)C1=O.[O]=[U]=[O]. The summed E-state index contributed by atoms with van der Waals surface area (Å²) in [6.07, 6.45) is 37.1. The second kappa shape index (κ2) is 39.9. The van der Waals surface area contributed by atoms with Gasteiger partial charge in [-0.05, 0) is 37.1 Å². The molecule has 4 N–H and O–H groups in total. The Morgan fingerprint density at radius 3 is 1.23 bits per heavy atom. The minimum atomic E-state index is -2.51. The molecule has 4 rings (SSSR count). The van der Waals surface area contributed by atoms with Gasteiger partial charge in [0.05, 0.1) is 51.0 Å². The number of carbonyl (C=O) groups is 4. The standard InChI is InChI=1S/C54H80N4O10.2O.U/c1-3-5-7-9-11-13-15-17-19-21-31-65-49-37-45-46(38-50(49)66-32-22-20-18-16-14-12-10-8-6-4-2)58-40-44-26-24-28-48(54(44)62)68-42-52(60)56-30-34-64-36-35-63-33-29-55-51(59)41-67-47-27-23-25-43(39-57-45)53(47)61;;;/h23-28,37-40,57-58H,3-22,29-36,41-42H2,1-2H3,(H,55,59)(H,56,60);;;/b43-39-,44-40-;;;. The number of hydrogen-bond acceptors (Lipinski definition) is 14. The third-order valence-electron chi connectivity index (χ3n) is 11.6. The first kappa shape index (κ1) is 60.6. The Balaban J connectivity index is 0.00000432. The Morgan fingerprint density at radius 2 is 0.859 bits per heavy atom. The topological polar surface area (TPSA) is 206 Å². The zero-order valence-corrected chi connectivity index (χ0v) is 46.5. The zero-order valence-electron chi connectivity index (χ0n) is 42.4.